The fourth-order valence-electron chi connectivity index (χ4n) is 2.65. The Labute approximate surface area is 116 Å². The second-order valence-electron chi connectivity index (χ2n) is 5.43. The number of likely N-dealkylation sites (tertiary alicyclic amines) is 1. The van der Waals surface area contributed by atoms with Crippen LogP contribution in [0.15, 0.2) is 0 Å². The lowest BCUT2D eigenvalue weighted by atomic mass is 10.1. The number of unbranched alkanes of at least 4 members (excludes halogenated alkanes) is 5. The van der Waals surface area contributed by atoms with Crippen molar-refractivity contribution >= 4 is 11.8 Å². The van der Waals surface area contributed by atoms with E-state index in [-0.39, 0.29) is 17.9 Å². The van der Waals surface area contributed by atoms with Crippen molar-refractivity contribution in [2.75, 3.05) is 13.1 Å². The predicted molar refractivity (Wildman–Crippen MR) is 76.8 cm³/mol. The fraction of sp³-hybridized carbons (Fsp3) is 0.867. The lowest BCUT2D eigenvalue weighted by Gasteiger charge is -2.22. The van der Waals surface area contributed by atoms with Crippen LogP contribution < -0.4 is 5.32 Å². The smallest absolute Gasteiger partial charge is 0.242 e. The summed E-state index contributed by atoms with van der Waals surface area (Å²) in [7, 11) is 0. The van der Waals surface area contributed by atoms with Crippen molar-refractivity contribution in [3.63, 3.8) is 0 Å². The summed E-state index contributed by atoms with van der Waals surface area (Å²) in [6, 6.07) is -0.224. The number of carbonyl (C=O) groups excluding carboxylic acids is 2. The molecule has 1 fully saturated rings. The van der Waals surface area contributed by atoms with Gasteiger partial charge < -0.3 is 10.2 Å². The third-order valence-corrected chi connectivity index (χ3v) is 3.79. The van der Waals surface area contributed by atoms with Crippen molar-refractivity contribution in [2.45, 2.75) is 71.3 Å². The van der Waals surface area contributed by atoms with E-state index in [9.17, 15) is 9.59 Å². The second kappa shape index (κ2) is 8.94. The molecule has 0 aliphatic carbocycles. The number of amides is 2. The maximum absolute atomic E-state index is 12.0. The van der Waals surface area contributed by atoms with Crippen LogP contribution in [-0.4, -0.2) is 35.8 Å². The zero-order chi connectivity index (χ0) is 14.1. The molecule has 1 unspecified atom stereocenters. The Morgan fingerprint density at radius 3 is 2.53 bits per heavy atom. The van der Waals surface area contributed by atoms with Crippen molar-refractivity contribution in [2.24, 2.45) is 0 Å². The summed E-state index contributed by atoms with van der Waals surface area (Å²) in [6.07, 6.45) is 9.10. The van der Waals surface area contributed by atoms with E-state index in [4.69, 9.17) is 0 Å². The minimum absolute atomic E-state index is 0.0113. The molecular weight excluding hydrogens is 240 g/mol. The van der Waals surface area contributed by atoms with Gasteiger partial charge in [-0.15, -0.1) is 0 Å². The lowest BCUT2D eigenvalue weighted by Crippen LogP contribution is -2.45. The first-order valence-electron chi connectivity index (χ1n) is 7.71. The maximum atomic E-state index is 12.0. The maximum Gasteiger partial charge on any atom is 0.242 e. The van der Waals surface area contributed by atoms with Gasteiger partial charge in [0.25, 0.3) is 0 Å². The number of rotatable bonds is 8. The number of nitrogens with one attached hydrogen (secondary N) is 1. The van der Waals surface area contributed by atoms with Crippen LogP contribution in [0.2, 0.25) is 0 Å². The molecule has 0 spiro atoms. The first-order valence-corrected chi connectivity index (χ1v) is 7.71. The zero-order valence-electron chi connectivity index (χ0n) is 12.4. The Kier molecular flexibility index (Phi) is 7.53. The highest BCUT2D eigenvalue weighted by atomic mass is 16.2. The Hall–Kier alpha value is -1.06. The largest absolute Gasteiger partial charge is 0.354 e. The first kappa shape index (κ1) is 16.0. The standard InChI is InChI=1S/C15H28N2O2/c1-3-4-5-6-7-8-11-16-15(19)14-10-9-12-17(14)13(2)18/h14H,3-12H2,1-2H3,(H,16,19). The molecule has 1 saturated heterocycles. The van der Waals surface area contributed by atoms with E-state index in [0.717, 1.165) is 32.4 Å². The molecule has 0 aromatic rings. The number of nitrogens with zero attached hydrogens (tertiary/aromatic N) is 1. The molecule has 0 radical (unpaired) electrons. The van der Waals surface area contributed by atoms with E-state index >= 15 is 0 Å². The van der Waals surface area contributed by atoms with Crippen molar-refractivity contribution in [1.29, 1.82) is 0 Å². The third-order valence-electron chi connectivity index (χ3n) is 3.79. The van der Waals surface area contributed by atoms with Gasteiger partial charge in [-0.2, -0.15) is 0 Å². The van der Waals surface area contributed by atoms with Crippen LogP contribution >= 0.6 is 0 Å². The summed E-state index contributed by atoms with van der Waals surface area (Å²) < 4.78 is 0. The fourth-order valence-corrected chi connectivity index (χ4v) is 2.65. The quantitative estimate of drug-likeness (QED) is 0.688. The molecule has 4 nitrogen and oxygen atoms in total. The molecule has 0 bridgehead atoms. The van der Waals surface area contributed by atoms with Crippen LogP contribution in [0.1, 0.15) is 65.2 Å². The van der Waals surface area contributed by atoms with Gasteiger partial charge in [-0.1, -0.05) is 39.0 Å². The van der Waals surface area contributed by atoms with Crippen molar-refractivity contribution in [3.8, 4) is 0 Å². The van der Waals surface area contributed by atoms with Gasteiger partial charge in [0.15, 0.2) is 0 Å². The number of carbonyl (C=O) groups is 2. The Bertz CT molecular complexity index is 292. The van der Waals surface area contributed by atoms with E-state index in [1.807, 2.05) is 0 Å². The predicted octanol–water partition coefficient (Wildman–Crippen LogP) is 2.47. The molecule has 1 atom stereocenters. The molecule has 1 N–H and O–H groups in total. The van der Waals surface area contributed by atoms with Gasteiger partial charge in [0.05, 0.1) is 0 Å². The minimum Gasteiger partial charge on any atom is -0.354 e. The van der Waals surface area contributed by atoms with Crippen LogP contribution in [0.25, 0.3) is 0 Å². The van der Waals surface area contributed by atoms with E-state index in [2.05, 4.69) is 12.2 Å². The van der Waals surface area contributed by atoms with E-state index in [1.54, 1.807) is 11.8 Å². The molecule has 0 saturated carbocycles. The van der Waals surface area contributed by atoms with Gasteiger partial charge in [-0.05, 0) is 19.3 Å². The molecule has 1 rings (SSSR count). The molecule has 1 heterocycles. The van der Waals surface area contributed by atoms with Crippen LogP contribution in [0.4, 0.5) is 0 Å². The Morgan fingerprint density at radius 1 is 1.16 bits per heavy atom. The molecule has 4 heteroatoms. The van der Waals surface area contributed by atoms with E-state index in [1.165, 1.54) is 32.1 Å². The van der Waals surface area contributed by atoms with Gasteiger partial charge in [0, 0.05) is 20.0 Å². The molecule has 110 valence electrons. The van der Waals surface area contributed by atoms with Crippen molar-refractivity contribution < 1.29 is 9.59 Å². The van der Waals surface area contributed by atoms with Gasteiger partial charge in [0.2, 0.25) is 11.8 Å². The summed E-state index contributed by atoms with van der Waals surface area (Å²) >= 11 is 0. The summed E-state index contributed by atoms with van der Waals surface area (Å²) in [5.41, 5.74) is 0. The third kappa shape index (κ3) is 5.62. The van der Waals surface area contributed by atoms with Crippen LogP contribution in [0.5, 0.6) is 0 Å². The number of hydrogen-bond donors (Lipinski definition) is 1. The Balaban J connectivity index is 2.12. The molecule has 0 aromatic heterocycles. The molecule has 0 aromatic carbocycles. The Morgan fingerprint density at radius 2 is 1.84 bits per heavy atom. The lowest BCUT2D eigenvalue weighted by molar-refractivity contribution is -0.136. The zero-order valence-corrected chi connectivity index (χ0v) is 12.4. The highest BCUT2D eigenvalue weighted by Crippen LogP contribution is 2.17. The van der Waals surface area contributed by atoms with Gasteiger partial charge >= 0.3 is 0 Å². The molecular formula is C15H28N2O2. The first-order chi connectivity index (χ1) is 9.16. The van der Waals surface area contributed by atoms with Crippen molar-refractivity contribution in [1.82, 2.24) is 10.2 Å². The molecule has 1 aliphatic heterocycles. The van der Waals surface area contributed by atoms with Gasteiger partial charge in [0.1, 0.15) is 6.04 Å². The topological polar surface area (TPSA) is 49.4 Å². The van der Waals surface area contributed by atoms with Gasteiger partial charge in [-0.3, -0.25) is 9.59 Å². The average Bonchev–Trinajstić information content (AvgIpc) is 2.87. The summed E-state index contributed by atoms with van der Waals surface area (Å²) in [4.78, 5) is 25.1. The van der Waals surface area contributed by atoms with Crippen molar-refractivity contribution in [3.05, 3.63) is 0 Å². The van der Waals surface area contributed by atoms with E-state index < -0.39 is 0 Å². The SMILES string of the molecule is CCCCCCCCNC(=O)C1CCCN1C(C)=O. The molecule has 2 amide bonds. The molecule has 1 aliphatic rings. The highest BCUT2D eigenvalue weighted by molar-refractivity contribution is 5.87. The van der Waals surface area contributed by atoms with E-state index in [0.29, 0.717) is 0 Å². The van der Waals surface area contributed by atoms with Crippen LogP contribution in [0, 0.1) is 0 Å². The minimum atomic E-state index is -0.224. The molecule has 19 heavy (non-hydrogen) atoms. The average molecular weight is 268 g/mol. The van der Waals surface area contributed by atoms with Crippen LogP contribution in [-0.2, 0) is 9.59 Å². The van der Waals surface area contributed by atoms with Gasteiger partial charge in [-0.25, -0.2) is 0 Å². The summed E-state index contributed by atoms with van der Waals surface area (Å²) in [5, 5.41) is 2.97. The normalized spacial score (nSPS) is 18.6. The monoisotopic (exact) mass is 268 g/mol. The summed E-state index contributed by atoms with van der Waals surface area (Å²) in [5.74, 6) is 0.0403. The summed E-state index contributed by atoms with van der Waals surface area (Å²) in [6.45, 7) is 5.22. The number of hydrogen-bond acceptors (Lipinski definition) is 2. The highest BCUT2D eigenvalue weighted by Gasteiger charge is 2.31. The van der Waals surface area contributed by atoms with Crippen LogP contribution in [0.3, 0.4) is 0 Å². The second-order valence-corrected chi connectivity index (χ2v) is 5.43.